The minimum absolute atomic E-state index is 0.242. The Morgan fingerprint density at radius 1 is 1.25 bits per heavy atom. The van der Waals surface area contributed by atoms with Crippen molar-refractivity contribution in [1.29, 1.82) is 5.26 Å². The highest BCUT2D eigenvalue weighted by atomic mass is 19.1. The Kier molecular flexibility index (Phi) is 4.50. The minimum Gasteiger partial charge on any atom is -0.494 e. The predicted octanol–water partition coefficient (Wildman–Crippen LogP) is 3.59. The number of hydrogen-bond donors (Lipinski definition) is 0. The molecule has 3 rings (SSSR count). The lowest BCUT2D eigenvalue weighted by Crippen LogP contribution is -2.17. The van der Waals surface area contributed by atoms with Crippen molar-refractivity contribution in [3.05, 3.63) is 71.3 Å². The molecule has 0 atom stereocenters. The fraction of sp³-hybridized carbons (Fsp3) is 0.211. The normalized spacial score (nSPS) is 11.0. The molecule has 2 heterocycles. The molecule has 0 aliphatic rings. The zero-order valence-electron chi connectivity index (χ0n) is 13.7. The molecule has 0 fully saturated rings. The molecule has 0 saturated carbocycles. The lowest BCUT2D eigenvalue weighted by molar-refractivity contribution is 0.317. The van der Waals surface area contributed by atoms with E-state index in [0.717, 1.165) is 16.6 Å². The van der Waals surface area contributed by atoms with Crippen LogP contribution in [-0.2, 0) is 13.1 Å². The van der Waals surface area contributed by atoms with Crippen LogP contribution in [0, 0.1) is 17.1 Å². The third-order valence-corrected chi connectivity index (χ3v) is 3.98. The molecule has 1 aromatic carbocycles. The van der Waals surface area contributed by atoms with Gasteiger partial charge in [-0.2, -0.15) is 5.26 Å². The van der Waals surface area contributed by atoms with E-state index in [-0.39, 0.29) is 11.6 Å². The molecule has 0 spiro atoms. The fourth-order valence-electron chi connectivity index (χ4n) is 2.89. The number of fused-ring (bicyclic) bond motifs is 1. The third-order valence-electron chi connectivity index (χ3n) is 3.98. The smallest absolute Gasteiger partial charge is 0.165 e. The van der Waals surface area contributed by atoms with E-state index in [1.54, 1.807) is 6.07 Å². The molecule has 24 heavy (non-hydrogen) atoms. The molecule has 0 N–H and O–H groups in total. The van der Waals surface area contributed by atoms with E-state index < -0.39 is 0 Å². The van der Waals surface area contributed by atoms with Crippen molar-refractivity contribution in [3.63, 3.8) is 0 Å². The van der Waals surface area contributed by atoms with E-state index in [9.17, 15) is 9.65 Å². The van der Waals surface area contributed by atoms with Gasteiger partial charge in [-0.1, -0.05) is 12.1 Å². The molecule has 5 heteroatoms. The molecule has 0 amide bonds. The summed E-state index contributed by atoms with van der Waals surface area (Å²) in [6.07, 6.45) is 3.90. The van der Waals surface area contributed by atoms with Gasteiger partial charge in [0, 0.05) is 31.0 Å². The first-order valence-electron chi connectivity index (χ1n) is 7.62. The highest BCUT2D eigenvalue weighted by Crippen LogP contribution is 2.21. The van der Waals surface area contributed by atoms with Gasteiger partial charge in [0.05, 0.1) is 18.2 Å². The molecule has 0 aliphatic heterocycles. The number of methoxy groups -OCH3 is 1. The van der Waals surface area contributed by atoms with Gasteiger partial charge < -0.3 is 9.14 Å². The van der Waals surface area contributed by atoms with Crippen molar-refractivity contribution in [2.75, 3.05) is 14.2 Å². The van der Waals surface area contributed by atoms with Gasteiger partial charge in [0.2, 0.25) is 0 Å². The number of pyridine rings is 1. The lowest BCUT2D eigenvalue weighted by atomic mass is 10.1. The summed E-state index contributed by atoms with van der Waals surface area (Å²) in [5, 5.41) is 9.46. The second-order valence-corrected chi connectivity index (χ2v) is 5.78. The van der Waals surface area contributed by atoms with Crippen molar-refractivity contribution in [3.8, 4) is 11.8 Å². The molecule has 0 bridgehead atoms. The van der Waals surface area contributed by atoms with E-state index in [0.29, 0.717) is 18.7 Å². The fourth-order valence-corrected chi connectivity index (χ4v) is 2.89. The average Bonchev–Trinajstić information content (AvgIpc) is 2.91. The SMILES string of the molecule is COc1ccc(CN(C)Cc2cn3ccccc3c2C#N)cc1F. The van der Waals surface area contributed by atoms with E-state index in [2.05, 4.69) is 11.0 Å². The van der Waals surface area contributed by atoms with Gasteiger partial charge in [-0.3, -0.25) is 4.90 Å². The van der Waals surface area contributed by atoms with Gasteiger partial charge in [0.15, 0.2) is 11.6 Å². The summed E-state index contributed by atoms with van der Waals surface area (Å²) in [6.45, 7) is 1.19. The second-order valence-electron chi connectivity index (χ2n) is 5.78. The average molecular weight is 323 g/mol. The van der Waals surface area contributed by atoms with Crippen LogP contribution in [0.1, 0.15) is 16.7 Å². The number of aromatic nitrogens is 1. The zero-order chi connectivity index (χ0) is 17.1. The van der Waals surface area contributed by atoms with E-state index >= 15 is 0 Å². The molecular formula is C19H18FN3O. The summed E-state index contributed by atoms with van der Waals surface area (Å²) in [7, 11) is 3.40. The van der Waals surface area contributed by atoms with Crippen molar-refractivity contribution in [2.24, 2.45) is 0 Å². The zero-order valence-corrected chi connectivity index (χ0v) is 13.7. The number of ether oxygens (including phenoxy) is 1. The first-order valence-corrected chi connectivity index (χ1v) is 7.62. The molecule has 0 aliphatic carbocycles. The maximum Gasteiger partial charge on any atom is 0.165 e. The molecule has 2 aromatic heterocycles. The van der Waals surface area contributed by atoms with Crippen LogP contribution in [0.4, 0.5) is 4.39 Å². The van der Waals surface area contributed by atoms with Crippen LogP contribution in [0.25, 0.3) is 5.52 Å². The van der Waals surface area contributed by atoms with Gasteiger partial charge in [0.1, 0.15) is 6.07 Å². The van der Waals surface area contributed by atoms with Crippen molar-refractivity contribution in [2.45, 2.75) is 13.1 Å². The Labute approximate surface area is 140 Å². The number of nitriles is 1. The van der Waals surface area contributed by atoms with E-state index in [4.69, 9.17) is 4.74 Å². The van der Waals surface area contributed by atoms with Crippen molar-refractivity contribution < 1.29 is 9.13 Å². The Morgan fingerprint density at radius 3 is 2.79 bits per heavy atom. The van der Waals surface area contributed by atoms with Gasteiger partial charge in [-0.05, 0) is 36.9 Å². The van der Waals surface area contributed by atoms with Crippen LogP contribution in [0.5, 0.6) is 5.75 Å². The molecule has 122 valence electrons. The number of nitrogens with zero attached hydrogens (tertiary/aromatic N) is 3. The van der Waals surface area contributed by atoms with Crippen LogP contribution < -0.4 is 4.74 Å². The number of rotatable bonds is 5. The van der Waals surface area contributed by atoms with Crippen LogP contribution in [0.15, 0.2) is 48.8 Å². The van der Waals surface area contributed by atoms with Crippen LogP contribution in [-0.4, -0.2) is 23.5 Å². The molecule has 4 nitrogen and oxygen atoms in total. The maximum absolute atomic E-state index is 13.8. The highest BCUT2D eigenvalue weighted by Gasteiger charge is 2.13. The highest BCUT2D eigenvalue weighted by molar-refractivity contribution is 5.65. The van der Waals surface area contributed by atoms with Crippen LogP contribution in [0.2, 0.25) is 0 Å². The summed E-state index contributed by atoms with van der Waals surface area (Å²) in [5.41, 5.74) is 3.40. The Hall–Kier alpha value is -2.84. The number of halogens is 1. The summed E-state index contributed by atoms with van der Waals surface area (Å²) < 4.78 is 20.7. The summed E-state index contributed by atoms with van der Waals surface area (Å²) in [4.78, 5) is 2.05. The van der Waals surface area contributed by atoms with Crippen molar-refractivity contribution in [1.82, 2.24) is 9.30 Å². The predicted molar refractivity (Wildman–Crippen MR) is 90.2 cm³/mol. The third kappa shape index (κ3) is 3.10. The molecule has 0 unspecified atom stereocenters. The van der Waals surface area contributed by atoms with Gasteiger partial charge in [-0.25, -0.2) is 4.39 Å². The molecular weight excluding hydrogens is 305 g/mol. The number of hydrogen-bond acceptors (Lipinski definition) is 3. The monoisotopic (exact) mass is 323 g/mol. The standard InChI is InChI=1S/C19H18FN3O/c1-22(11-14-6-7-19(24-2)17(20)9-14)12-15-13-23-8-4-3-5-18(23)16(15)10-21/h3-9,13H,11-12H2,1-2H3. The van der Waals surface area contributed by atoms with E-state index in [1.807, 2.05) is 48.1 Å². The molecule has 0 radical (unpaired) electrons. The Morgan fingerprint density at radius 2 is 2.08 bits per heavy atom. The van der Waals surface area contributed by atoms with Crippen LogP contribution in [0.3, 0.4) is 0 Å². The topological polar surface area (TPSA) is 40.7 Å². The summed E-state index contributed by atoms with van der Waals surface area (Å²) >= 11 is 0. The van der Waals surface area contributed by atoms with Gasteiger partial charge in [0.25, 0.3) is 0 Å². The van der Waals surface area contributed by atoms with Gasteiger partial charge >= 0.3 is 0 Å². The Bertz CT molecular complexity index is 911. The summed E-state index contributed by atoms with van der Waals surface area (Å²) in [5.74, 6) is -0.123. The van der Waals surface area contributed by atoms with Crippen molar-refractivity contribution >= 4 is 5.52 Å². The second kappa shape index (κ2) is 6.73. The largest absolute Gasteiger partial charge is 0.494 e. The number of benzene rings is 1. The van der Waals surface area contributed by atoms with Crippen LogP contribution >= 0.6 is 0 Å². The first kappa shape index (κ1) is 16.0. The first-order chi connectivity index (χ1) is 11.6. The molecule has 3 aromatic rings. The Balaban J connectivity index is 1.79. The minimum atomic E-state index is -0.365. The summed E-state index contributed by atoms with van der Waals surface area (Å²) in [6, 6.07) is 13.0. The maximum atomic E-state index is 13.8. The molecule has 0 saturated heterocycles. The lowest BCUT2D eigenvalue weighted by Gasteiger charge is -2.16. The van der Waals surface area contributed by atoms with Gasteiger partial charge in [-0.15, -0.1) is 0 Å². The van der Waals surface area contributed by atoms with E-state index in [1.165, 1.54) is 13.2 Å². The quantitative estimate of drug-likeness (QED) is 0.720.